The molecule has 0 saturated carbocycles. The lowest BCUT2D eigenvalue weighted by Gasteiger charge is -2.39. The lowest BCUT2D eigenvalue weighted by molar-refractivity contribution is -0.192. The Morgan fingerprint density at radius 2 is 2.06 bits per heavy atom. The number of carboxylic acids is 1. The minimum Gasteiger partial charge on any atom is -0.475 e. The van der Waals surface area contributed by atoms with Gasteiger partial charge in [-0.3, -0.25) is 9.20 Å². The Kier molecular flexibility index (Phi) is 7.09. The molecule has 1 spiro atoms. The highest BCUT2D eigenvalue weighted by molar-refractivity contribution is 5.93. The van der Waals surface area contributed by atoms with E-state index < -0.39 is 12.1 Å². The maximum Gasteiger partial charge on any atom is 0.490 e. The number of hydrogen-bond donors (Lipinski definition) is 1. The van der Waals surface area contributed by atoms with Crippen molar-refractivity contribution < 1.29 is 32.6 Å². The van der Waals surface area contributed by atoms with E-state index in [2.05, 4.69) is 24.0 Å². The van der Waals surface area contributed by atoms with Crippen LogP contribution in [-0.2, 0) is 9.53 Å². The Morgan fingerprint density at radius 3 is 2.72 bits per heavy atom. The normalized spacial score (nSPS) is 23.4. The summed E-state index contributed by atoms with van der Waals surface area (Å²) in [5.74, 6) is -2.15. The standard InChI is InChI=1S/C19H26N4O2.C2HF3O2/c1-21(2)12-15-10-19(25-13-15)7-5-8-22(14-19)18(24)16-11-20-17-6-3-4-9-23(16)17;3-2(4,5)1(6)7/h3-4,6,9,11,15H,5,7-8,10,12-14H2,1-2H3;(H,6,7). The number of nitrogens with zero attached hydrogens (tertiary/aromatic N) is 4. The second kappa shape index (κ2) is 9.45. The number of carbonyl (C=O) groups excluding carboxylic acids is 1. The van der Waals surface area contributed by atoms with Gasteiger partial charge >= 0.3 is 12.1 Å². The molecule has 0 aliphatic carbocycles. The summed E-state index contributed by atoms with van der Waals surface area (Å²) in [6.07, 6.45) is 1.59. The number of halogens is 3. The number of carboxylic acid groups (broad SMARTS) is 1. The Labute approximate surface area is 183 Å². The van der Waals surface area contributed by atoms with E-state index in [4.69, 9.17) is 14.6 Å². The van der Waals surface area contributed by atoms with E-state index in [-0.39, 0.29) is 11.5 Å². The highest BCUT2D eigenvalue weighted by Crippen LogP contribution is 2.38. The third-order valence-electron chi connectivity index (χ3n) is 5.61. The van der Waals surface area contributed by atoms with Crippen molar-refractivity contribution >= 4 is 17.5 Å². The fraction of sp³-hybridized carbons (Fsp3) is 0.571. The number of rotatable bonds is 3. The zero-order valence-corrected chi connectivity index (χ0v) is 18.0. The molecule has 8 nitrogen and oxygen atoms in total. The molecule has 1 N–H and O–H groups in total. The fourth-order valence-electron chi connectivity index (χ4n) is 4.38. The number of aliphatic carboxylic acids is 1. The van der Waals surface area contributed by atoms with Crippen molar-refractivity contribution in [2.45, 2.75) is 31.0 Å². The van der Waals surface area contributed by atoms with Crippen molar-refractivity contribution in [2.75, 3.05) is 40.3 Å². The van der Waals surface area contributed by atoms with Gasteiger partial charge in [0.1, 0.15) is 11.3 Å². The highest BCUT2D eigenvalue weighted by atomic mass is 19.4. The molecule has 1 amide bonds. The largest absolute Gasteiger partial charge is 0.490 e. The topological polar surface area (TPSA) is 87.4 Å². The van der Waals surface area contributed by atoms with Crippen LogP contribution in [0.2, 0.25) is 0 Å². The van der Waals surface area contributed by atoms with Crippen LogP contribution in [0.3, 0.4) is 0 Å². The van der Waals surface area contributed by atoms with Gasteiger partial charge in [0.25, 0.3) is 5.91 Å². The number of alkyl halides is 3. The lowest BCUT2D eigenvalue weighted by Crippen LogP contribution is -2.50. The maximum atomic E-state index is 13.1. The molecule has 0 radical (unpaired) electrons. The van der Waals surface area contributed by atoms with E-state index in [1.807, 2.05) is 33.7 Å². The van der Waals surface area contributed by atoms with Gasteiger partial charge < -0.3 is 19.6 Å². The summed E-state index contributed by atoms with van der Waals surface area (Å²) in [7, 11) is 4.21. The number of aromatic nitrogens is 2. The molecule has 2 saturated heterocycles. The molecule has 4 rings (SSSR count). The number of amides is 1. The fourth-order valence-corrected chi connectivity index (χ4v) is 4.38. The molecule has 11 heteroatoms. The Morgan fingerprint density at radius 1 is 1.34 bits per heavy atom. The molecule has 2 atom stereocenters. The second-order valence-corrected chi connectivity index (χ2v) is 8.53. The second-order valence-electron chi connectivity index (χ2n) is 8.53. The zero-order valence-electron chi connectivity index (χ0n) is 18.0. The average Bonchev–Trinajstić information content (AvgIpc) is 3.31. The van der Waals surface area contributed by atoms with Crippen molar-refractivity contribution in [3.8, 4) is 0 Å². The molecule has 2 aliphatic rings. The molecule has 2 fully saturated rings. The summed E-state index contributed by atoms with van der Waals surface area (Å²) in [4.78, 5) is 30.5. The van der Waals surface area contributed by atoms with E-state index in [1.165, 1.54) is 0 Å². The van der Waals surface area contributed by atoms with Crippen LogP contribution in [0, 0.1) is 5.92 Å². The number of pyridine rings is 1. The average molecular weight is 456 g/mol. The smallest absolute Gasteiger partial charge is 0.475 e. The SMILES string of the molecule is CN(C)CC1COC2(CCCN(C(=O)c3cnc4ccccn34)C2)C1.O=C(O)C(F)(F)F. The first-order valence-electron chi connectivity index (χ1n) is 10.3. The first-order chi connectivity index (χ1) is 15.0. The van der Waals surface area contributed by atoms with Crippen LogP contribution in [0.4, 0.5) is 13.2 Å². The monoisotopic (exact) mass is 456 g/mol. The van der Waals surface area contributed by atoms with E-state index >= 15 is 0 Å². The van der Waals surface area contributed by atoms with Crippen LogP contribution in [-0.4, -0.2) is 88.3 Å². The highest BCUT2D eigenvalue weighted by Gasteiger charge is 2.44. The van der Waals surface area contributed by atoms with Gasteiger partial charge in [0, 0.05) is 19.3 Å². The minimum atomic E-state index is -5.08. The van der Waals surface area contributed by atoms with Gasteiger partial charge in [0.15, 0.2) is 0 Å². The Bertz CT molecular complexity index is 962. The van der Waals surface area contributed by atoms with E-state index in [0.29, 0.717) is 18.2 Å². The molecule has 2 aromatic rings. The summed E-state index contributed by atoms with van der Waals surface area (Å²) in [6, 6.07) is 5.78. The Hall–Kier alpha value is -2.66. The number of fused-ring (bicyclic) bond motifs is 1. The zero-order chi connectivity index (χ0) is 23.5. The summed E-state index contributed by atoms with van der Waals surface area (Å²) >= 11 is 0. The minimum absolute atomic E-state index is 0.0532. The molecule has 0 bridgehead atoms. The third kappa shape index (κ3) is 5.57. The van der Waals surface area contributed by atoms with Gasteiger partial charge in [0.2, 0.25) is 0 Å². The molecule has 2 aliphatic heterocycles. The third-order valence-corrected chi connectivity index (χ3v) is 5.61. The van der Waals surface area contributed by atoms with Gasteiger partial charge in [-0.1, -0.05) is 6.07 Å². The van der Waals surface area contributed by atoms with Crippen molar-refractivity contribution in [1.82, 2.24) is 19.2 Å². The summed E-state index contributed by atoms with van der Waals surface area (Å²) in [5.41, 5.74) is 1.28. The van der Waals surface area contributed by atoms with Crippen LogP contribution >= 0.6 is 0 Å². The van der Waals surface area contributed by atoms with Crippen LogP contribution in [0.5, 0.6) is 0 Å². The molecule has 4 heterocycles. The number of ether oxygens (including phenoxy) is 1. The number of likely N-dealkylation sites (tertiary alicyclic amines) is 1. The number of hydrogen-bond acceptors (Lipinski definition) is 5. The molecule has 2 aromatic heterocycles. The van der Waals surface area contributed by atoms with Crippen molar-refractivity contribution in [1.29, 1.82) is 0 Å². The molecule has 32 heavy (non-hydrogen) atoms. The number of imidazole rings is 1. The molecular formula is C21H27F3N4O4. The molecule has 0 aromatic carbocycles. The Balaban J connectivity index is 0.000000360. The van der Waals surface area contributed by atoms with Gasteiger partial charge in [-0.05, 0) is 51.4 Å². The van der Waals surface area contributed by atoms with Gasteiger partial charge in [-0.2, -0.15) is 13.2 Å². The maximum absolute atomic E-state index is 13.1. The van der Waals surface area contributed by atoms with Crippen molar-refractivity contribution in [3.63, 3.8) is 0 Å². The number of piperidine rings is 1. The first kappa shape index (κ1) is 24.0. The van der Waals surface area contributed by atoms with Crippen LogP contribution in [0.1, 0.15) is 29.8 Å². The summed E-state index contributed by atoms with van der Waals surface area (Å²) < 4.78 is 39.8. The predicted octanol–water partition coefficient (Wildman–Crippen LogP) is 2.54. The van der Waals surface area contributed by atoms with Crippen molar-refractivity contribution in [2.24, 2.45) is 5.92 Å². The first-order valence-corrected chi connectivity index (χ1v) is 10.3. The van der Waals surface area contributed by atoms with E-state index in [9.17, 15) is 18.0 Å². The molecule has 176 valence electrons. The number of carbonyl (C=O) groups is 2. The van der Waals surface area contributed by atoms with Crippen LogP contribution < -0.4 is 0 Å². The van der Waals surface area contributed by atoms with E-state index in [1.54, 1.807) is 6.20 Å². The lowest BCUT2D eigenvalue weighted by atomic mass is 9.86. The van der Waals surface area contributed by atoms with Crippen LogP contribution in [0.15, 0.2) is 30.6 Å². The summed E-state index contributed by atoms with van der Waals surface area (Å²) in [6.45, 7) is 3.33. The van der Waals surface area contributed by atoms with Crippen molar-refractivity contribution in [3.05, 3.63) is 36.3 Å². The molecular weight excluding hydrogens is 429 g/mol. The predicted molar refractivity (Wildman–Crippen MR) is 109 cm³/mol. The quantitative estimate of drug-likeness (QED) is 0.764. The van der Waals surface area contributed by atoms with Gasteiger partial charge in [-0.25, -0.2) is 9.78 Å². The van der Waals surface area contributed by atoms with Crippen LogP contribution in [0.25, 0.3) is 5.65 Å². The van der Waals surface area contributed by atoms with Gasteiger partial charge in [-0.15, -0.1) is 0 Å². The molecule has 2 unspecified atom stereocenters. The summed E-state index contributed by atoms with van der Waals surface area (Å²) in [5, 5.41) is 7.12. The van der Waals surface area contributed by atoms with Gasteiger partial charge in [0.05, 0.1) is 24.9 Å². The van der Waals surface area contributed by atoms with E-state index in [0.717, 1.165) is 44.6 Å².